The summed E-state index contributed by atoms with van der Waals surface area (Å²) in [6, 6.07) is 16.0. The van der Waals surface area contributed by atoms with Crippen LogP contribution in [0.3, 0.4) is 0 Å². The van der Waals surface area contributed by atoms with Crippen molar-refractivity contribution >= 4 is 11.0 Å². The van der Waals surface area contributed by atoms with Crippen LogP contribution in [0, 0.1) is 0 Å². The molecule has 1 N–H and O–H groups in total. The molecule has 108 valence electrons. The molecule has 0 fully saturated rings. The molecule has 0 saturated heterocycles. The first-order valence-electron chi connectivity index (χ1n) is 7.01. The van der Waals surface area contributed by atoms with Crippen LogP contribution in [-0.2, 0) is 13.1 Å². The predicted molar refractivity (Wildman–Crippen MR) is 82.2 cm³/mol. The van der Waals surface area contributed by atoms with E-state index in [0.29, 0.717) is 13.2 Å². The molecular weight excluding hydrogens is 264 g/mol. The maximum absolute atomic E-state index is 5.80. The van der Waals surface area contributed by atoms with Crippen molar-refractivity contribution in [1.29, 1.82) is 0 Å². The molecule has 2 aromatic carbocycles. The monoisotopic (exact) mass is 282 g/mol. The Morgan fingerprint density at radius 1 is 1.14 bits per heavy atom. The van der Waals surface area contributed by atoms with Gasteiger partial charge in [-0.2, -0.15) is 0 Å². The van der Waals surface area contributed by atoms with Gasteiger partial charge in [-0.3, -0.25) is 0 Å². The molecule has 0 spiro atoms. The van der Waals surface area contributed by atoms with E-state index >= 15 is 0 Å². The van der Waals surface area contributed by atoms with Crippen LogP contribution >= 0.6 is 0 Å². The van der Waals surface area contributed by atoms with Gasteiger partial charge in [0.2, 0.25) is 0 Å². The first kappa shape index (κ1) is 13.6. The molecule has 0 unspecified atom stereocenters. The minimum atomic E-state index is 0.566. The summed E-state index contributed by atoms with van der Waals surface area (Å²) in [5, 5.41) is 11.4. The van der Waals surface area contributed by atoms with Gasteiger partial charge >= 0.3 is 0 Å². The SMILES string of the molecule is CNCc1cccc(OCCn2nnc3ccccc32)c1. The predicted octanol–water partition coefficient (Wildman–Crippen LogP) is 2.23. The highest BCUT2D eigenvalue weighted by Gasteiger charge is 2.03. The number of benzene rings is 2. The van der Waals surface area contributed by atoms with E-state index in [4.69, 9.17) is 4.74 Å². The standard InChI is InChI=1S/C16H18N4O/c1-17-12-13-5-4-6-14(11-13)21-10-9-20-16-8-3-2-7-15(16)18-19-20/h2-8,11,17H,9-10,12H2,1H3. The molecule has 0 aliphatic carbocycles. The fourth-order valence-electron chi connectivity index (χ4n) is 2.28. The molecule has 0 aliphatic rings. The molecule has 21 heavy (non-hydrogen) atoms. The third-order valence-corrected chi connectivity index (χ3v) is 3.27. The highest BCUT2D eigenvalue weighted by Crippen LogP contribution is 2.14. The number of nitrogens with one attached hydrogen (secondary N) is 1. The van der Waals surface area contributed by atoms with Gasteiger partial charge in [0.25, 0.3) is 0 Å². The average Bonchev–Trinajstić information content (AvgIpc) is 2.92. The lowest BCUT2D eigenvalue weighted by Crippen LogP contribution is -2.10. The summed E-state index contributed by atoms with van der Waals surface area (Å²) >= 11 is 0. The Balaban J connectivity index is 1.62. The zero-order chi connectivity index (χ0) is 14.5. The Kier molecular flexibility index (Phi) is 4.12. The molecule has 1 heterocycles. The molecule has 0 saturated carbocycles. The lowest BCUT2D eigenvalue weighted by molar-refractivity contribution is 0.292. The summed E-state index contributed by atoms with van der Waals surface area (Å²) in [7, 11) is 1.93. The van der Waals surface area contributed by atoms with Gasteiger partial charge in [-0.1, -0.05) is 29.5 Å². The highest BCUT2D eigenvalue weighted by molar-refractivity contribution is 5.73. The third kappa shape index (κ3) is 3.20. The maximum atomic E-state index is 5.80. The van der Waals surface area contributed by atoms with Crippen molar-refractivity contribution in [3.63, 3.8) is 0 Å². The van der Waals surface area contributed by atoms with Crippen LogP contribution in [0.1, 0.15) is 5.56 Å². The largest absolute Gasteiger partial charge is 0.492 e. The molecule has 3 rings (SSSR count). The summed E-state index contributed by atoms with van der Waals surface area (Å²) in [4.78, 5) is 0. The molecule has 5 nitrogen and oxygen atoms in total. The van der Waals surface area contributed by atoms with Gasteiger partial charge in [-0.05, 0) is 36.9 Å². The number of nitrogens with zero attached hydrogens (tertiary/aromatic N) is 3. The molecule has 0 radical (unpaired) electrons. The van der Waals surface area contributed by atoms with Gasteiger partial charge in [-0.15, -0.1) is 5.10 Å². The van der Waals surface area contributed by atoms with Crippen molar-refractivity contribution in [3.8, 4) is 5.75 Å². The Morgan fingerprint density at radius 3 is 2.95 bits per heavy atom. The quantitative estimate of drug-likeness (QED) is 0.753. The van der Waals surface area contributed by atoms with Crippen LogP contribution in [0.25, 0.3) is 11.0 Å². The van der Waals surface area contributed by atoms with Gasteiger partial charge in [0.15, 0.2) is 0 Å². The molecule has 0 atom stereocenters. The number of ether oxygens (including phenoxy) is 1. The summed E-state index contributed by atoms with van der Waals surface area (Å²) < 4.78 is 7.67. The van der Waals surface area contributed by atoms with Crippen LogP contribution in [0.5, 0.6) is 5.75 Å². The molecule has 5 heteroatoms. The molecular formula is C16H18N4O. The van der Waals surface area contributed by atoms with Crippen LogP contribution in [0.15, 0.2) is 48.5 Å². The smallest absolute Gasteiger partial charge is 0.119 e. The van der Waals surface area contributed by atoms with E-state index < -0.39 is 0 Å². The number of para-hydroxylation sites is 1. The van der Waals surface area contributed by atoms with Crippen molar-refractivity contribution in [2.24, 2.45) is 0 Å². The second-order valence-corrected chi connectivity index (χ2v) is 4.83. The summed E-state index contributed by atoms with van der Waals surface area (Å²) in [5.41, 5.74) is 3.15. The molecule has 1 aromatic heterocycles. The number of hydrogen-bond donors (Lipinski definition) is 1. The first-order valence-corrected chi connectivity index (χ1v) is 7.01. The van der Waals surface area contributed by atoms with E-state index in [1.165, 1.54) is 5.56 Å². The van der Waals surface area contributed by atoms with E-state index in [-0.39, 0.29) is 0 Å². The molecule has 0 bridgehead atoms. The molecule has 0 aliphatic heterocycles. The van der Waals surface area contributed by atoms with Crippen molar-refractivity contribution in [2.45, 2.75) is 13.1 Å². The van der Waals surface area contributed by atoms with Gasteiger partial charge in [0.05, 0.1) is 12.1 Å². The topological polar surface area (TPSA) is 52.0 Å². The zero-order valence-corrected chi connectivity index (χ0v) is 12.0. The van der Waals surface area contributed by atoms with Crippen molar-refractivity contribution < 1.29 is 4.74 Å². The summed E-state index contributed by atoms with van der Waals surface area (Å²) in [5.74, 6) is 0.882. The van der Waals surface area contributed by atoms with E-state index in [1.54, 1.807) is 0 Å². The lowest BCUT2D eigenvalue weighted by Gasteiger charge is -2.08. The van der Waals surface area contributed by atoms with Gasteiger partial charge in [0, 0.05) is 6.54 Å². The van der Waals surface area contributed by atoms with Crippen LogP contribution in [0.4, 0.5) is 0 Å². The van der Waals surface area contributed by atoms with Crippen LogP contribution in [-0.4, -0.2) is 28.6 Å². The lowest BCUT2D eigenvalue weighted by atomic mass is 10.2. The maximum Gasteiger partial charge on any atom is 0.119 e. The summed E-state index contributed by atoms with van der Waals surface area (Å²) in [6.45, 7) is 2.08. The average molecular weight is 282 g/mol. The Hall–Kier alpha value is -2.40. The Labute approximate surface area is 123 Å². The Morgan fingerprint density at radius 2 is 2.05 bits per heavy atom. The number of rotatable bonds is 6. The second-order valence-electron chi connectivity index (χ2n) is 4.83. The van der Waals surface area contributed by atoms with Crippen LogP contribution in [0.2, 0.25) is 0 Å². The minimum Gasteiger partial charge on any atom is -0.492 e. The van der Waals surface area contributed by atoms with Gasteiger partial charge in [-0.25, -0.2) is 4.68 Å². The fourth-order valence-corrected chi connectivity index (χ4v) is 2.28. The number of hydrogen-bond acceptors (Lipinski definition) is 4. The normalized spacial score (nSPS) is 10.9. The fraction of sp³-hybridized carbons (Fsp3) is 0.250. The highest BCUT2D eigenvalue weighted by atomic mass is 16.5. The number of fused-ring (bicyclic) bond motifs is 1. The number of aromatic nitrogens is 3. The van der Waals surface area contributed by atoms with Gasteiger partial charge < -0.3 is 10.1 Å². The zero-order valence-electron chi connectivity index (χ0n) is 12.0. The van der Waals surface area contributed by atoms with E-state index in [9.17, 15) is 0 Å². The van der Waals surface area contributed by atoms with E-state index in [0.717, 1.165) is 23.3 Å². The van der Waals surface area contributed by atoms with E-state index in [2.05, 4.69) is 27.8 Å². The third-order valence-electron chi connectivity index (χ3n) is 3.27. The van der Waals surface area contributed by atoms with E-state index in [1.807, 2.05) is 48.1 Å². The van der Waals surface area contributed by atoms with Gasteiger partial charge in [0.1, 0.15) is 17.9 Å². The van der Waals surface area contributed by atoms with Crippen molar-refractivity contribution in [1.82, 2.24) is 20.3 Å². The molecule has 3 aromatic rings. The minimum absolute atomic E-state index is 0.566. The van der Waals surface area contributed by atoms with Crippen LogP contribution < -0.4 is 10.1 Å². The summed E-state index contributed by atoms with van der Waals surface area (Å²) in [6.07, 6.45) is 0. The molecule has 0 amide bonds. The van der Waals surface area contributed by atoms with Crippen molar-refractivity contribution in [2.75, 3.05) is 13.7 Å². The van der Waals surface area contributed by atoms with Crippen molar-refractivity contribution in [3.05, 3.63) is 54.1 Å². The first-order chi connectivity index (χ1) is 10.4. The Bertz CT molecular complexity index is 723. The second kappa shape index (κ2) is 6.37.